The Hall–Kier alpha value is -2.34. The molecule has 23 heavy (non-hydrogen) atoms. The van der Waals surface area contributed by atoms with Gasteiger partial charge in [0.2, 0.25) is 0 Å². The van der Waals surface area contributed by atoms with Gasteiger partial charge in [-0.25, -0.2) is 5.43 Å². The van der Waals surface area contributed by atoms with Crippen LogP contribution >= 0.6 is 0 Å². The predicted molar refractivity (Wildman–Crippen MR) is 84.9 cm³/mol. The van der Waals surface area contributed by atoms with Gasteiger partial charge in [0, 0.05) is 23.2 Å². The zero-order chi connectivity index (χ0) is 16.6. The molecule has 1 amide bonds. The number of carbonyl (C=O) groups is 2. The number of hydrogen-bond donors (Lipinski definition) is 2. The number of nitrogens with zero attached hydrogens (tertiary/aromatic N) is 1. The van der Waals surface area contributed by atoms with Gasteiger partial charge in [0.25, 0.3) is 5.91 Å². The van der Waals surface area contributed by atoms with Crippen molar-refractivity contribution in [2.24, 2.45) is 0 Å². The Morgan fingerprint density at radius 2 is 2.00 bits per heavy atom. The summed E-state index contributed by atoms with van der Waals surface area (Å²) in [4.78, 5) is 24.3. The van der Waals surface area contributed by atoms with Crippen molar-refractivity contribution in [3.8, 4) is 0 Å². The van der Waals surface area contributed by atoms with E-state index in [1.807, 2.05) is 25.1 Å². The largest absolute Gasteiger partial charge is 0.469 e. The molecule has 2 N–H and O–H groups in total. The first-order valence-corrected chi connectivity index (χ1v) is 7.70. The first-order chi connectivity index (χ1) is 11.0. The van der Waals surface area contributed by atoms with E-state index < -0.39 is 5.97 Å². The highest BCUT2D eigenvalue weighted by Crippen LogP contribution is 2.34. The Balaban J connectivity index is 1.90. The second kappa shape index (κ2) is 6.04. The molecule has 1 saturated heterocycles. The third-order valence-corrected chi connectivity index (χ3v) is 4.53. The first-order valence-electron chi connectivity index (χ1n) is 7.70. The molecule has 1 aromatic rings. The predicted octanol–water partition coefficient (Wildman–Crippen LogP) is 1.27. The molecule has 6 heteroatoms. The van der Waals surface area contributed by atoms with E-state index >= 15 is 0 Å². The van der Waals surface area contributed by atoms with Crippen LogP contribution in [0.2, 0.25) is 0 Å². The summed E-state index contributed by atoms with van der Waals surface area (Å²) in [6.45, 7) is 3.89. The molecule has 3 unspecified atom stereocenters. The normalized spacial score (nSPS) is 26.8. The maximum Gasteiger partial charge on any atom is 0.310 e. The standard InChI is InChI=1S/C17H21N3O3/c1-10-13(9-14(21)23-3)17(22)20-16(18-10)15(11(2)19-20)12-7-5-4-6-8-12/h4-8,11,15-16,18-19H,9H2,1-3H3. The summed E-state index contributed by atoms with van der Waals surface area (Å²) in [5.74, 6) is -0.448. The Bertz CT molecular complexity index is 656. The van der Waals surface area contributed by atoms with Crippen LogP contribution in [0, 0.1) is 0 Å². The van der Waals surface area contributed by atoms with E-state index in [2.05, 4.69) is 34.5 Å². The van der Waals surface area contributed by atoms with Gasteiger partial charge in [-0.05, 0) is 19.4 Å². The van der Waals surface area contributed by atoms with Crippen molar-refractivity contribution in [1.29, 1.82) is 0 Å². The van der Waals surface area contributed by atoms with Crippen molar-refractivity contribution < 1.29 is 14.3 Å². The monoisotopic (exact) mass is 315 g/mol. The summed E-state index contributed by atoms with van der Waals surface area (Å²) < 4.78 is 4.68. The Morgan fingerprint density at radius 1 is 1.30 bits per heavy atom. The highest BCUT2D eigenvalue weighted by atomic mass is 16.5. The zero-order valence-corrected chi connectivity index (χ0v) is 13.5. The highest BCUT2D eigenvalue weighted by Gasteiger charge is 2.46. The van der Waals surface area contributed by atoms with Gasteiger partial charge in [-0.2, -0.15) is 0 Å². The van der Waals surface area contributed by atoms with Gasteiger partial charge in [0.05, 0.1) is 13.5 Å². The van der Waals surface area contributed by atoms with Crippen LogP contribution in [-0.2, 0) is 14.3 Å². The molecule has 3 atom stereocenters. The van der Waals surface area contributed by atoms with Gasteiger partial charge in [-0.1, -0.05) is 30.3 Å². The van der Waals surface area contributed by atoms with Gasteiger partial charge in [-0.15, -0.1) is 0 Å². The fraction of sp³-hybridized carbons (Fsp3) is 0.412. The summed E-state index contributed by atoms with van der Waals surface area (Å²) in [5.41, 5.74) is 5.58. The number of methoxy groups -OCH3 is 1. The maximum absolute atomic E-state index is 12.7. The zero-order valence-electron chi connectivity index (χ0n) is 13.5. The lowest BCUT2D eigenvalue weighted by atomic mass is 9.90. The molecule has 1 fully saturated rings. The summed E-state index contributed by atoms with van der Waals surface area (Å²) in [7, 11) is 1.32. The second-order valence-corrected chi connectivity index (χ2v) is 5.98. The molecule has 0 saturated carbocycles. The van der Waals surface area contributed by atoms with Crippen LogP contribution in [0.1, 0.15) is 31.7 Å². The molecule has 2 aliphatic rings. The fourth-order valence-electron chi connectivity index (χ4n) is 3.34. The first kappa shape index (κ1) is 15.6. The topological polar surface area (TPSA) is 70.7 Å². The third kappa shape index (κ3) is 2.70. The molecule has 0 aliphatic carbocycles. The number of rotatable bonds is 3. The average molecular weight is 315 g/mol. The molecule has 0 radical (unpaired) electrons. The molecule has 6 nitrogen and oxygen atoms in total. The van der Waals surface area contributed by atoms with Crippen LogP contribution in [-0.4, -0.2) is 36.2 Å². The number of ether oxygens (including phenoxy) is 1. The van der Waals surface area contributed by atoms with Gasteiger partial charge in [-0.3, -0.25) is 14.6 Å². The van der Waals surface area contributed by atoms with E-state index in [9.17, 15) is 9.59 Å². The lowest BCUT2D eigenvalue weighted by Crippen LogP contribution is -2.54. The van der Waals surface area contributed by atoms with Crippen molar-refractivity contribution in [3.05, 3.63) is 47.2 Å². The van der Waals surface area contributed by atoms with Crippen LogP contribution < -0.4 is 10.7 Å². The number of fused-ring (bicyclic) bond motifs is 1. The Labute approximate surface area is 135 Å². The van der Waals surface area contributed by atoms with Crippen LogP contribution in [0.3, 0.4) is 0 Å². The molecule has 0 aromatic heterocycles. The molecule has 2 heterocycles. The smallest absolute Gasteiger partial charge is 0.310 e. The summed E-state index contributed by atoms with van der Waals surface area (Å²) >= 11 is 0. The van der Waals surface area contributed by atoms with Crippen molar-refractivity contribution in [2.75, 3.05) is 7.11 Å². The molecular formula is C17H21N3O3. The lowest BCUT2D eigenvalue weighted by molar-refractivity contribution is -0.142. The highest BCUT2D eigenvalue weighted by molar-refractivity contribution is 5.99. The number of nitrogens with one attached hydrogen (secondary N) is 2. The van der Waals surface area contributed by atoms with Gasteiger partial charge in [0.1, 0.15) is 6.17 Å². The van der Waals surface area contributed by atoms with Crippen LogP contribution in [0.25, 0.3) is 0 Å². The number of amides is 1. The number of carbonyl (C=O) groups excluding carboxylic acids is 2. The number of esters is 1. The van der Waals surface area contributed by atoms with E-state index in [4.69, 9.17) is 0 Å². The number of benzene rings is 1. The van der Waals surface area contributed by atoms with Gasteiger partial charge in [0.15, 0.2) is 0 Å². The summed E-state index contributed by atoms with van der Waals surface area (Å²) in [5, 5.41) is 4.99. The molecular weight excluding hydrogens is 294 g/mol. The SMILES string of the molecule is COC(=O)CC1=C(C)NC2C(c3ccccc3)C(C)NN2C1=O. The summed E-state index contributed by atoms with van der Waals surface area (Å²) in [6.07, 6.45) is -0.190. The molecule has 2 aliphatic heterocycles. The third-order valence-electron chi connectivity index (χ3n) is 4.53. The van der Waals surface area contributed by atoms with Crippen molar-refractivity contribution >= 4 is 11.9 Å². The van der Waals surface area contributed by atoms with Crippen LogP contribution in [0.5, 0.6) is 0 Å². The van der Waals surface area contributed by atoms with Crippen molar-refractivity contribution in [2.45, 2.75) is 38.4 Å². The number of hydrogen-bond acceptors (Lipinski definition) is 5. The van der Waals surface area contributed by atoms with E-state index in [0.29, 0.717) is 5.57 Å². The molecule has 0 bridgehead atoms. The van der Waals surface area contributed by atoms with E-state index in [1.54, 1.807) is 5.01 Å². The van der Waals surface area contributed by atoms with Gasteiger partial charge < -0.3 is 10.1 Å². The van der Waals surface area contributed by atoms with E-state index in [1.165, 1.54) is 12.7 Å². The molecule has 0 spiro atoms. The number of hydrazine groups is 1. The van der Waals surface area contributed by atoms with Crippen molar-refractivity contribution in [1.82, 2.24) is 15.8 Å². The molecule has 3 rings (SSSR count). The van der Waals surface area contributed by atoms with Gasteiger partial charge >= 0.3 is 5.97 Å². The Kier molecular flexibility index (Phi) is 4.09. The Morgan fingerprint density at radius 3 is 2.65 bits per heavy atom. The second-order valence-electron chi connectivity index (χ2n) is 5.98. The molecule has 122 valence electrons. The minimum absolute atomic E-state index is 0.0244. The van der Waals surface area contributed by atoms with E-state index in [0.717, 1.165) is 5.70 Å². The lowest BCUT2D eigenvalue weighted by Gasteiger charge is -2.35. The summed E-state index contributed by atoms with van der Waals surface area (Å²) in [6, 6.07) is 10.2. The van der Waals surface area contributed by atoms with E-state index in [-0.39, 0.29) is 30.5 Å². The number of allylic oxidation sites excluding steroid dienone is 1. The minimum Gasteiger partial charge on any atom is -0.469 e. The van der Waals surface area contributed by atoms with Crippen LogP contribution in [0.15, 0.2) is 41.6 Å². The van der Waals surface area contributed by atoms with Crippen LogP contribution in [0.4, 0.5) is 0 Å². The average Bonchev–Trinajstić information content (AvgIpc) is 2.88. The minimum atomic E-state index is -0.417. The fourth-order valence-corrected chi connectivity index (χ4v) is 3.34. The maximum atomic E-state index is 12.7. The molecule has 1 aromatic carbocycles. The van der Waals surface area contributed by atoms with Crippen molar-refractivity contribution in [3.63, 3.8) is 0 Å². The quantitative estimate of drug-likeness (QED) is 0.822.